The molecule has 0 saturated heterocycles. The van der Waals surface area contributed by atoms with E-state index in [0.29, 0.717) is 5.75 Å². The monoisotopic (exact) mass is 274 g/mol. The van der Waals surface area contributed by atoms with E-state index in [1.54, 1.807) is 18.2 Å². The third kappa shape index (κ3) is 3.93. The van der Waals surface area contributed by atoms with E-state index in [2.05, 4.69) is 0 Å². The number of carbonyl (C=O) groups is 2. The second-order valence-electron chi connectivity index (χ2n) is 3.97. The van der Waals surface area contributed by atoms with Gasteiger partial charge in [0.2, 0.25) is 0 Å². The van der Waals surface area contributed by atoms with Crippen LogP contribution in [0.4, 0.5) is 0 Å². The fourth-order valence-electron chi connectivity index (χ4n) is 1.70. The largest absolute Gasteiger partial charge is 0.420 e. The highest BCUT2D eigenvalue weighted by Crippen LogP contribution is 2.17. The third-order valence-electron chi connectivity index (χ3n) is 2.52. The normalized spacial score (nSPS) is 9.95. The molecule has 0 unspecified atom stereocenters. The predicted octanol–water partition coefficient (Wildman–Crippen LogP) is 2.95. The standard InChI is InChI=1S/C15H11ClO3/c16-14(17)15(18)19-13-8-4-7-12(10-13)9-11-5-2-1-3-6-11/h1-8,10H,9H2. The number of benzene rings is 2. The van der Waals surface area contributed by atoms with Crippen LogP contribution in [0.1, 0.15) is 11.1 Å². The van der Waals surface area contributed by atoms with Crippen molar-refractivity contribution in [2.75, 3.05) is 0 Å². The summed E-state index contributed by atoms with van der Waals surface area (Å²) in [7, 11) is 0. The van der Waals surface area contributed by atoms with Gasteiger partial charge in [-0.25, -0.2) is 4.79 Å². The van der Waals surface area contributed by atoms with Crippen LogP contribution in [0.3, 0.4) is 0 Å². The number of halogens is 1. The molecule has 2 rings (SSSR count). The van der Waals surface area contributed by atoms with E-state index < -0.39 is 11.2 Å². The van der Waals surface area contributed by atoms with Gasteiger partial charge >= 0.3 is 11.2 Å². The van der Waals surface area contributed by atoms with E-state index in [1.165, 1.54) is 0 Å². The molecule has 2 aromatic rings. The van der Waals surface area contributed by atoms with Gasteiger partial charge in [0, 0.05) is 0 Å². The van der Waals surface area contributed by atoms with Crippen molar-refractivity contribution in [1.82, 2.24) is 0 Å². The maximum Gasteiger partial charge on any atom is 0.396 e. The lowest BCUT2D eigenvalue weighted by Gasteiger charge is -2.05. The minimum absolute atomic E-state index is 0.312. The van der Waals surface area contributed by atoms with Crippen molar-refractivity contribution in [2.45, 2.75) is 6.42 Å². The molecule has 0 spiro atoms. The number of rotatable bonds is 4. The fraction of sp³-hybridized carbons (Fsp3) is 0.0667. The topological polar surface area (TPSA) is 43.4 Å². The van der Waals surface area contributed by atoms with Crippen LogP contribution in [0, 0.1) is 0 Å². The average molecular weight is 275 g/mol. The summed E-state index contributed by atoms with van der Waals surface area (Å²) < 4.78 is 4.83. The fourth-order valence-corrected chi connectivity index (χ4v) is 1.74. The number of hydrogen-bond donors (Lipinski definition) is 0. The number of hydrogen-bond acceptors (Lipinski definition) is 3. The van der Waals surface area contributed by atoms with Gasteiger partial charge in [-0.3, -0.25) is 4.79 Å². The lowest BCUT2D eigenvalue weighted by Crippen LogP contribution is -2.14. The Labute approximate surface area is 115 Å². The summed E-state index contributed by atoms with van der Waals surface area (Å²) in [6.07, 6.45) is 0.723. The van der Waals surface area contributed by atoms with E-state index in [4.69, 9.17) is 16.3 Å². The van der Waals surface area contributed by atoms with Crippen molar-refractivity contribution in [1.29, 1.82) is 0 Å². The van der Waals surface area contributed by atoms with Gasteiger partial charge in [-0.1, -0.05) is 42.5 Å². The SMILES string of the molecule is O=C(Cl)C(=O)Oc1cccc(Cc2ccccc2)c1. The van der Waals surface area contributed by atoms with Gasteiger partial charge in [-0.15, -0.1) is 0 Å². The van der Waals surface area contributed by atoms with Gasteiger partial charge in [0.1, 0.15) is 5.75 Å². The van der Waals surface area contributed by atoms with E-state index in [9.17, 15) is 9.59 Å². The van der Waals surface area contributed by atoms with Crippen LogP contribution in [0.15, 0.2) is 54.6 Å². The van der Waals surface area contributed by atoms with E-state index in [0.717, 1.165) is 17.5 Å². The Hall–Kier alpha value is -2.13. The smallest absolute Gasteiger partial charge is 0.396 e. The zero-order valence-corrected chi connectivity index (χ0v) is 10.8. The molecule has 0 saturated carbocycles. The van der Waals surface area contributed by atoms with Crippen LogP contribution in [0.5, 0.6) is 5.75 Å². The molecule has 2 aromatic carbocycles. The Morgan fingerprint density at radius 1 is 0.947 bits per heavy atom. The molecule has 0 aliphatic rings. The molecule has 0 radical (unpaired) electrons. The Morgan fingerprint density at radius 3 is 2.32 bits per heavy atom. The van der Waals surface area contributed by atoms with Crippen LogP contribution in [-0.2, 0) is 16.0 Å². The van der Waals surface area contributed by atoms with E-state index in [-0.39, 0.29) is 0 Å². The Balaban J connectivity index is 2.11. The second kappa shape index (κ2) is 6.16. The van der Waals surface area contributed by atoms with Crippen molar-refractivity contribution < 1.29 is 14.3 Å². The van der Waals surface area contributed by atoms with Crippen molar-refractivity contribution in [3.05, 3.63) is 65.7 Å². The number of carbonyl (C=O) groups excluding carboxylic acids is 2. The van der Waals surface area contributed by atoms with Crippen LogP contribution in [0.25, 0.3) is 0 Å². The van der Waals surface area contributed by atoms with Crippen LogP contribution in [-0.4, -0.2) is 11.2 Å². The van der Waals surface area contributed by atoms with Gasteiger partial charge in [0.05, 0.1) is 0 Å². The molecule has 0 amide bonds. The molecule has 3 nitrogen and oxygen atoms in total. The summed E-state index contributed by atoms with van der Waals surface area (Å²) in [5.74, 6) is -0.758. The average Bonchev–Trinajstić information content (AvgIpc) is 2.40. The van der Waals surface area contributed by atoms with Crippen molar-refractivity contribution in [2.24, 2.45) is 0 Å². The van der Waals surface area contributed by atoms with Crippen molar-refractivity contribution >= 4 is 22.8 Å². The first-order chi connectivity index (χ1) is 9.15. The molecule has 0 aliphatic heterocycles. The molecule has 0 aromatic heterocycles. The molecule has 0 atom stereocenters. The van der Waals surface area contributed by atoms with Crippen molar-refractivity contribution in [3.63, 3.8) is 0 Å². The molecule has 0 bridgehead atoms. The van der Waals surface area contributed by atoms with Crippen molar-refractivity contribution in [3.8, 4) is 5.75 Å². The summed E-state index contributed by atoms with van der Waals surface area (Å²) >= 11 is 5.03. The lowest BCUT2D eigenvalue weighted by molar-refractivity contribution is -0.143. The Bertz CT molecular complexity index is 593. The highest BCUT2D eigenvalue weighted by atomic mass is 35.5. The van der Waals surface area contributed by atoms with Gasteiger partial charge in [0.25, 0.3) is 0 Å². The molecule has 0 fully saturated rings. The molecule has 0 aliphatic carbocycles. The zero-order chi connectivity index (χ0) is 13.7. The molecule has 96 valence electrons. The first-order valence-corrected chi connectivity index (χ1v) is 6.07. The molecular formula is C15H11ClO3. The molecule has 0 heterocycles. The molecular weight excluding hydrogens is 264 g/mol. The predicted molar refractivity (Wildman–Crippen MR) is 72.2 cm³/mol. The summed E-state index contributed by atoms with van der Waals surface area (Å²) in [6.45, 7) is 0. The quantitative estimate of drug-likeness (QED) is 0.373. The zero-order valence-electron chi connectivity index (χ0n) is 10.0. The Kier molecular flexibility index (Phi) is 4.31. The summed E-state index contributed by atoms with van der Waals surface area (Å²) in [6, 6.07) is 16.9. The third-order valence-corrected chi connectivity index (χ3v) is 2.67. The highest BCUT2D eigenvalue weighted by Gasteiger charge is 2.12. The first-order valence-electron chi connectivity index (χ1n) is 5.69. The maximum atomic E-state index is 11.1. The summed E-state index contributed by atoms with van der Waals surface area (Å²) in [4.78, 5) is 21.7. The summed E-state index contributed by atoms with van der Waals surface area (Å²) in [5.41, 5.74) is 2.14. The Morgan fingerprint density at radius 2 is 1.63 bits per heavy atom. The van der Waals surface area contributed by atoms with E-state index >= 15 is 0 Å². The van der Waals surface area contributed by atoms with Crippen LogP contribution < -0.4 is 4.74 Å². The second-order valence-corrected chi connectivity index (χ2v) is 4.32. The van der Waals surface area contributed by atoms with Crippen LogP contribution in [0.2, 0.25) is 0 Å². The first kappa shape index (κ1) is 13.3. The molecule has 19 heavy (non-hydrogen) atoms. The minimum Gasteiger partial charge on any atom is -0.420 e. The van der Waals surface area contributed by atoms with Crippen LogP contribution >= 0.6 is 11.6 Å². The lowest BCUT2D eigenvalue weighted by atomic mass is 10.1. The van der Waals surface area contributed by atoms with Gasteiger partial charge in [-0.05, 0) is 41.3 Å². The number of esters is 1. The van der Waals surface area contributed by atoms with Gasteiger partial charge in [-0.2, -0.15) is 0 Å². The van der Waals surface area contributed by atoms with E-state index in [1.807, 2.05) is 36.4 Å². The molecule has 4 heteroatoms. The van der Waals surface area contributed by atoms with Gasteiger partial charge in [0.15, 0.2) is 0 Å². The molecule has 0 N–H and O–H groups in total. The van der Waals surface area contributed by atoms with Gasteiger partial charge < -0.3 is 4.74 Å². The number of ether oxygens (including phenoxy) is 1. The maximum absolute atomic E-state index is 11.1. The minimum atomic E-state index is -1.13. The summed E-state index contributed by atoms with van der Waals surface area (Å²) in [5, 5.41) is -1.13. The highest BCUT2D eigenvalue weighted by molar-refractivity contribution is 6.80.